The summed E-state index contributed by atoms with van der Waals surface area (Å²) >= 11 is 0. The molecule has 0 aromatic carbocycles. The predicted octanol–water partition coefficient (Wildman–Crippen LogP) is 0.419. The minimum absolute atomic E-state index is 0.301. The van der Waals surface area contributed by atoms with E-state index in [2.05, 4.69) is 34.2 Å². The second-order valence-corrected chi connectivity index (χ2v) is 5.02. The Bertz CT molecular complexity index is 422. The van der Waals surface area contributed by atoms with Gasteiger partial charge in [-0.15, -0.1) is 0 Å². The molecule has 3 N–H and O–H groups in total. The van der Waals surface area contributed by atoms with Crippen LogP contribution in [-0.4, -0.2) is 47.9 Å². The minimum Gasteiger partial charge on any atom is -0.463 e. The van der Waals surface area contributed by atoms with E-state index in [1.54, 1.807) is 0 Å². The number of ether oxygens (including phenoxy) is 2. The molecule has 0 bridgehead atoms. The van der Waals surface area contributed by atoms with Crippen LogP contribution in [0.2, 0.25) is 0 Å². The fraction of sp³-hybridized carbons (Fsp3) is 0.750. The molecular formula is C12H22N6O2. The van der Waals surface area contributed by atoms with Crippen LogP contribution in [0.4, 0.5) is 11.9 Å². The van der Waals surface area contributed by atoms with Crippen LogP contribution in [-0.2, 0) is 4.74 Å². The monoisotopic (exact) mass is 282 g/mol. The quantitative estimate of drug-likeness (QED) is 0.572. The maximum absolute atomic E-state index is 5.58. The van der Waals surface area contributed by atoms with Crippen molar-refractivity contribution in [3.8, 4) is 6.01 Å². The van der Waals surface area contributed by atoms with Crippen molar-refractivity contribution in [2.24, 2.45) is 11.8 Å². The van der Waals surface area contributed by atoms with Gasteiger partial charge < -0.3 is 14.4 Å². The number of nitrogens with two attached hydrogens (primary N) is 1. The number of nitrogen functional groups attached to an aromatic ring is 1. The molecule has 1 aliphatic rings. The average Bonchev–Trinajstić information content (AvgIpc) is 2.47. The maximum Gasteiger partial charge on any atom is 0.323 e. The van der Waals surface area contributed by atoms with Crippen LogP contribution in [0.1, 0.15) is 20.3 Å². The van der Waals surface area contributed by atoms with Crippen molar-refractivity contribution in [3.05, 3.63) is 0 Å². The molecule has 20 heavy (non-hydrogen) atoms. The first kappa shape index (κ1) is 14.7. The van der Waals surface area contributed by atoms with Gasteiger partial charge in [0.1, 0.15) is 0 Å². The Balaban J connectivity index is 2.06. The highest BCUT2D eigenvalue weighted by atomic mass is 16.5. The summed E-state index contributed by atoms with van der Waals surface area (Å²) in [5, 5.41) is 0. The highest BCUT2D eigenvalue weighted by Crippen LogP contribution is 2.16. The summed E-state index contributed by atoms with van der Waals surface area (Å²) in [7, 11) is 0. The first-order chi connectivity index (χ1) is 9.69. The topological polar surface area (TPSA) is 98.4 Å². The van der Waals surface area contributed by atoms with E-state index in [0.29, 0.717) is 43.6 Å². The fourth-order valence-corrected chi connectivity index (χ4v) is 1.77. The SMILES string of the molecule is CC(C)CCOc1nc(NN)nc(N2CCOCC2)n1. The highest BCUT2D eigenvalue weighted by molar-refractivity contribution is 5.37. The van der Waals surface area contributed by atoms with E-state index in [4.69, 9.17) is 15.3 Å². The smallest absolute Gasteiger partial charge is 0.323 e. The molecule has 2 heterocycles. The van der Waals surface area contributed by atoms with Gasteiger partial charge in [-0.3, -0.25) is 5.43 Å². The molecule has 1 aromatic rings. The molecule has 0 aliphatic carbocycles. The van der Waals surface area contributed by atoms with Crippen molar-refractivity contribution >= 4 is 11.9 Å². The van der Waals surface area contributed by atoms with Crippen molar-refractivity contribution < 1.29 is 9.47 Å². The van der Waals surface area contributed by atoms with Crippen molar-refractivity contribution in [2.75, 3.05) is 43.2 Å². The molecular weight excluding hydrogens is 260 g/mol. The molecule has 0 saturated carbocycles. The molecule has 0 spiro atoms. The number of morpholine rings is 1. The molecule has 1 fully saturated rings. The molecule has 8 nitrogen and oxygen atoms in total. The summed E-state index contributed by atoms with van der Waals surface area (Å²) in [4.78, 5) is 14.7. The van der Waals surface area contributed by atoms with Crippen molar-refractivity contribution in [2.45, 2.75) is 20.3 Å². The molecule has 0 atom stereocenters. The summed E-state index contributed by atoms with van der Waals surface area (Å²) in [5.41, 5.74) is 2.45. The molecule has 0 radical (unpaired) electrons. The second kappa shape index (κ2) is 7.20. The lowest BCUT2D eigenvalue weighted by atomic mass is 10.1. The molecule has 0 amide bonds. The van der Waals surface area contributed by atoms with Crippen LogP contribution in [0.3, 0.4) is 0 Å². The van der Waals surface area contributed by atoms with E-state index in [0.717, 1.165) is 19.5 Å². The Hall–Kier alpha value is -1.67. The first-order valence-electron chi connectivity index (χ1n) is 6.87. The van der Waals surface area contributed by atoms with Crippen molar-refractivity contribution in [1.82, 2.24) is 15.0 Å². The Morgan fingerprint density at radius 1 is 1.30 bits per heavy atom. The zero-order chi connectivity index (χ0) is 14.4. The van der Waals surface area contributed by atoms with E-state index in [1.807, 2.05) is 4.90 Å². The first-order valence-corrected chi connectivity index (χ1v) is 6.87. The molecule has 1 aromatic heterocycles. The van der Waals surface area contributed by atoms with Gasteiger partial charge in [-0.2, -0.15) is 15.0 Å². The largest absolute Gasteiger partial charge is 0.463 e. The van der Waals surface area contributed by atoms with E-state index in [1.165, 1.54) is 0 Å². The molecule has 8 heteroatoms. The lowest BCUT2D eigenvalue weighted by molar-refractivity contribution is 0.122. The molecule has 112 valence electrons. The number of nitrogens with one attached hydrogen (secondary N) is 1. The molecule has 0 unspecified atom stereocenters. The lowest BCUT2D eigenvalue weighted by Crippen LogP contribution is -2.37. The standard InChI is InChI=1S/C12H22N6O2/c1-9(2)3-6-20-12-15-10(17-13)14-11(16-12)18-4-7-19-8-5-18/h9H,3-8,13H2,1-2H3,(H,14,15,16,17). The van der Waals surface area contributed by atoms with Gasteiger partial charge in [0.2, 0.25) is 11.9 Å². The van der Waals surface area contributed by atoms with Crippen LogP contribution in [0.15, 0.2) is 0 Å². The van der Waals surface area contributed by atoms with Crippen LogP contribution >= 0.6 is 0 Å². The number of hydrogen-bond donors (Lipinski definition) is 2. The summed E-state index contributed by atoms with van der Waals surface area (Å²) in [6.07, 6.45) is 0.948. The fourth-order valence-electron chi connectivity index (χ4n) is 1.77. The van der Waals surface area contributed by atoms with Gasteiger partial charge in [-0.05, 0) is 12.3 Å². The second-order valence-electron chi connectivity index (χ2n) is 5.02. The number of hydrazine groups is 1. The van der Waals surface area contributed by atoms with Gasteiger partial charge in [-0.1, -0.05) is 13.8 Å². The number of nitrogens with zero attached hydrogens (tertiary/aromatic N) is 4. The van der Waals surface area contributed by atoms with Gasteiger partial charge >= 0.3 is 6.01 Å². The Labute approximate surface area is 118 Å². The van der Waals surface area contributed by atoms with Crippen LogP contribution < -0.4 is 20.9 Å². The third-order valence-corrected chi connectivity index (χ3v) is 2.95. The number of hydrogen-bond acceptors (Lipinski definition) is 8. The molecule has 2 rings (SSSR count). The third kappa shape index (κ3) is 4.17. The van der Waals surface area contributed by atoms with Crippen molar-refractivity contribution in [1.29, 1.82) is 0 Å². The minimum atomic E-state index is 0.301. The highest BCUT2D eigenvalue weighted by Gasteiger charge is 2.16. The number of aromatic nitrogens is 3. The zero-order valence-corrected chi connectivity index (χ0v) is 12.0. The summed E-state index contributed by atoms with van der Waals surface area (Å²) < 4.78 is 10.9. The lowest BCUT2D eigenvalue weighted by Gasteiger charge is -2.26. The number of anilines is 2. The maximum atomic E-state index is 5.58. The van der Waals surface area contributed by atoms with Gasteiger partial charge in [0.25, 0.3) is 0 Å². The van der Waals surface area contributed by atoms with E-state index in [-0.39, 0.29) is 0 Å². The third-order valence-electron chi connectivity index (χ3n) is 2.95. The summed E-state index contributed by atoms with van der Waals surface area (Å²) in [5.74, 6) is 6.84. The molecule has 1 aliphatic heterocycles. The van der Waals surface area contributed by atoms with Gasteiger partial charge in [0, 0.05) is 13.1 Å². The van der Waals surface area contributed by atoms with Crippen LogP contribution in [0, 0.1) is 5.92 Å². The normalized spacial score (nSPS) is 15.5. The van der Waals surface area contributed by atoms with E-state index in [9.17, 15) is 0 Å². The summed E-state index contributed by atoms with van der Waals surface area (Å²) in [6, 6.07) is 0.301. The zero-order valence-electron chi connectivity index (χ0n) is 12.0. The van der Waals surface area contributed by atoms with E-state index >= 15 is 0 Å². The Morgan fingerprint density at radius 3 is 2.70 bits per heavy atom. The molecule has 1 saturated heterocycles. The van der Waals surface area contributed by atoms with Crippen LogP contribution in [0.25, 0.3) is 0 Å². The average molecular weight is 282 g/mol. The van der Waals surface area contributed by atoms with Crippen LogP contribution in [0.5, 0.6) is 6.01 Å². The predicted molar refractivity (Wildman–Crippen MR) is 75.6 cm³/mol. The van der Waals surface area contributed by atoms with Gasteiger partial charge in [0.05, 0.1) is 19.8 Å². The Morgan fingerprint density at radius 2 is 2.05 bits per heavy atom. The Kier molecular flexibility index (Phi) is 5.31. The van der Waals surface area contributed by atoms with E-state index < -0.39 is 0 Å². The summed E-state index contributed by atoms with van der Waals surface area (Å²) in [6.45, 7) is 7.69. The van der Waals surface area contributed by atoms with Crippen molar-refractivity contribution in [3.63, 3.8) is 0 Å². The van der Waals surface area contributed by atoms with Gasteiger partial charge in [-0.25, -0.2) is 5.84 Å². The van der Waals surface area contributed by atoms with Gasteiger partial charge in [0.15, 0.2) is 0 Å². The number of rotatable bonds is 6.